The van der Waals surface area contributed by atoms with E-state index < -0.39 is 0 Å². The number of thiazole rings is 1. The first-order valence-corrected chi connectivity index (χ1v) is 11.7. The molecule has 1 N–H and O–H groups in total. The molecule has 2 atom stereocenters. The third kappa shape index (κ3) is 4.67. The predicted octanol–water partition coefficient (Wildman–Crippen LogP) is 3.09. The van der Waals surface area contributed by atoms with Crippen molar-refractivity contribution in [3.05, 3.63) is 50.5 Å². The molecule has 3 aromatic rings. The van der Waals surface area contributed by atoms with Crippen LogP contribution in [-0.4, -0.2) is 51.0 Å². The summed E-state index contributed by atoms with van der Waals surface area (Å²) in [5.41, 5.74) is 2.94. The Kier molecular flexibility index (Phi) is 6.31. The minimum Gasteiger partial charge on any atom is -0.372 e. The molecule has 0 aromatic carbocycles. The third-order valence-electron chi connectivity index (χ3n) is 5.69. The summed E-state index contributed by atoms with van der Waals surface area (Å²) in [6, 6.07) is 3.74. The van der Waals surface area contributed by atoms with Gasteiger partial charge in [0.15, 0.2) is 0 Å². The van der Waals surface area contributed by atoms with E-state index in [1.54, 1.807) is 20.2 Å². The van der Waals surface area contributed by atoms with Gasteiger partial charge in [-0.25, -0.2) is 14.6 Å². The topological polar surface area (TPSA) is 102 Å². The van der Waals surface area contributed by atoms with Gasteiger partial charge in [-0.1, -0.05) is 0 Å². The molecule has 9 nitrogen and oxygen atoms in total. The van der Waals surface area contributed by atoms with Gasteiger partial charge in [0.05, 0.1) is 41.0 Å². The van der Waals surface area contributed by atoms with Crippen LogP contribution >= 0.6 is 11.3 Å². The second-order valence-corrected chi connectivity index (χ2v) is 9.47. The number of aromatic nitrogens is 4. The van der Waals surface area contributed by atoms with Gasteiger partial charge in [-0.15, -0.1) is 11.3 Å². The summed E-state index contributed by atoms with van der Waals surface area (Å²) in [5, 5.41) is 7.62. The summed E-state index contributed by atoms with van der Waals surface area (Å²) in [7, 11) is 1.61. The van der Waals surface area contributed by atoms with E-state index in [4.69, 9.17) is 4.74 Å². The van der Waals surface area contributed by atoms with E-state index in [1.807, 2.05) is 39.8 Å². The number of morpholine rings is 1. The number of anilines is 2. The molecule has 0 saturated carbocycles. The van der Waals surface area contributed by atoms with Crippen LogP contribution in [0.4, 0.5) is 11.5 Å². The highest BCUT2D eigenvalue weighted by molar-refractivity contribution is 7.17. The smallest absolute Gasteiger partial charge is 0.277 e. The van der Waals surface area contributed by atoms with Crippen molar-refractivity contribution in [1.82, 2.24) is 19.7 Å². The quantitative estimate of drug-likeness (QED) is 0.628. The Morgan fingerprint density at radius 3 is 2.48 bits per heavy atom. The number of pyridine rings is 1. The first-order chi connectivity index (χ1) is 15.6. The number of hydrogen-bond donors (Lipinski definition) is 1. The largest absolute Gasteiger partial charge is 0.372 e. The highest BCUT2D eigenvalue weighted by Crippen LogP contribution is 2.29. The average Bonchev–Trinajstić information content (AvgIpc) is 3.13. The van der Waals surface area contributed by atoms with Crippen LogP contribution in [0.3, 0.4) is 0 Å². The molecule has 0 bridgehead atoms. The van der Waals surface area contributed by atoms with Crippen LogP contribution in [0.15, 0.2) is 23.1 Å². The zero-order valence-electron chi connectivity index (χ0n) is 19.7. The molecule has 174 valence electrons. The van der Waals surface area contributed by atoms with Gasteiger partial charge in [0.2, 0.25) is 0 Å². The van der Waals surface area contributed by atoms with Crippen LogP contribution in [-0.2, 0) is 11.8 Å². The van der Waals surface area contributed by atoms with Gasteiger partial charge in [0.1, 0.15) is 15.7 Å². The number of ether oxygens (including phenoxy) is 1. The van der Waals surface area contributed by atoms with Crippen molar-refractivity contribution in [2.45, 2.75) is 46.8 Å². The monoisotopic (exact) mass is 468 g/mol. The fourth-order valence-corrected chi connectivity index (χ4v) is 5.07. The van der Waals surface area contributed by atoms with Crippen LogP contribution in [0, 0.1) is 20.8 Å². The van der Waals surface area contributed by atoms with Crippen molar-refractivity contribution in [2.75, 3.05) is 23.3 Å². The van der Waals surface area contributed by atoms with Gasteiger partial charge >= 0.3 is 0 Å². The molecule has 4 heterocycles. The second kappa shape index (κ2) is 9.03. The molecule has 4 rings (SSSR count). The summed E-state index contributed by atoms with van der Waals surface area (Å²) >= 11 is 1.21. The van der Waals surface area contributed by atoms with Gasteiger partial charge in [-0.05, 0) is 52.3 Å². The molecule has 2 unspecified atom stereocenters. The van der Waals surface area contributed by atoms with Gasteiger partial charge in [0, 0.05) is 20.1 Å². The molecule has 10 heteroatoms. The number of nitrogens with zero attached hydrogens (tertiary/aromatic N) is 5. The van der Waals surface area contributed by atoms with Crippen LogP contribution in [0.25, 0.3) is 10.6 Å². The molecule has 0 aliphatic carbocycles. The number of nitrogens with one attached hydrogen (secondary N) is 1. The minimum absolute atomic E-state index is 0.142. The maximum absolute atomic E-state index is 13.0. The number of aryl methyl sites for hydroxylation is 3. The zero-order valence-corrected chi connectivity index (χ0v) is 20.5. The van der Waals surface area contributed by atoms with Crippen molar-refractivity contribution >= 4 is 28.7 Å². The van der Waals surface area contributed by atoms with E-state index in [2.05, 4.69) is 25.3 Å². The SMILES string of the molecule is Cc1nc(-c2c(C)c(C)nn(C)c2=O)sc1C(=O)Nc1ccc(N2CC(C)OC(C)C2)nc1. The number of hydrogen-bond acceptors (Lipinski definition) is 8. The van der Waals surface area contributed by atoms with Crippen molar-refractivity contribution in [3.63, 3.8) is 0 Å². The lowest BCUT2D eigenvalue weighted by Gasteiger charge is -2.36. The summed E-state index contributed by atoms with van der Waals surface area (Å²) in [4.78, 5) is 37.3. The van der Waals surface area contributed by atoms with E-state index in [1.165, 1.54) is 16.0 Å². The number of carbonyl (C=O) groups excluding carboxylic acids is 1. The molecule has 1 aliphatic heterocycles. The van der Waals surface area contributed by atoms with E-state index in [-0.39, 0.29) is 23.7 Å². The Labute approximate surface area is 196 Å². The molecule has 1 amide bonds. The van der Waals surface area contributed by atoms with Crippen molar-refractivity contribution < 1.29 is 9.53 Å². The third-order valence-corrected chi connectivity index (χ3v) is 6.87. The van der Waals surface area contributed by atoms with Crippen LogP contribution in [0.5, 0.6) is 0 Å². The highest BCUT2D eigenvalue weighted by atomic mass is 32.1. The van der Waals surface area contributed by atoms with Crippen LogP contribution < -0.4 is 15.8 Å². The molecule has 33 heavy (non-hydrogen) atoms. The van der Waals surface area contributed by atoms with Gasteiger partial charge in [0.25, 0.3) is 11.5 Å². The minimum atomic E-state index is -0.278. The fraction of sp³-hybridized carbons (Fsp3) is 0.435. The summed E-state index contributed by atoms with van der Waals surface area (Å²) in [5.74, 6) is 0.574. The molecular weight excluding hydrogens is 440 g/mol. The Bertz CT molecular complexity index is 1240. The molecule has 1 aliphatic rings. The Morgan fingerprint density at radius 2 is 1.85 bits per heavy atom. The molecule has 0 spiro atoms. The number of amides is 1. The van der Waals surface area contributed by atoms with Gasteiger partial charge in [-0.3, -0.25) is 9.59 Å². The summed E-state index contributed by atoms with van der Waals surface area (Å²) in [6.07, 6.45) is 1.94. The Morgan fingerprint density at radius 1 is 1.15 bits per heavy atom. The first kappa shape index (κ1) is 23.1. The zero-order chi connectivity index (χ0) is 23.9. The van der Waals surface area contributed by atoms with Gasteiger partial charge < -0.3 is 15.0 Å². The van der Waals surface area contributed by atoms with Crippen LogP contribution in [0.1, 0.15) is 40.5 Å². The summed E-state index contributed by atoms with van der Waals surface area (Å²) < 4.78 is 7.08. The molecular formula is C23H28N6O3S. The van der Waals surface area contributed by atoms with Gasteiger partial charge in [-0.2, -0.15) is 5.10 Å². The van der Waals surface area contributed by atoms with E-state index in [9.17, 15) is 9.59 Å². The average molecular weight is 469 g/mol. The predicted molar refractivity (Wildman–Crippen MR) is 129 cm³/mol. The molecule has 3 aromatic heterocycles. The lowest BCUT2D eigenvalue weighted by Crippen LogP contribution is -2.45. The molecule has 0 radical (unpaired) electrons. The van der Waals surface area contributed by atoms with Crippen molar-refractivity contribution in [1.29, 1.82) is 0 Å². The van der Waals surface area contributed by atoms with E-state index in [0.29, 0.717) is 26.8 Å². The standard InChI is InChI=1S/C23H28N6O3S/c1-12-10-29(11-13(2)32-12)18-8-7-17(9-24-18)26-21(30)20-16(5)25-22(33-20)19-14(3)15(4)27-28(6)23(19)31/h7-9,12-13H,10-11H2,1-6H3,(H,26,30). The Balaban J connectivity index is 1.54. The summed E-state index contributed by atoms with van der Waals surface area (Å²) in [6.45, 7) is 11.1. The highest BCUT2D eigenvalue weighted by Gasteiger charge is 2.24. The van der Waals surface area contributed by atoms with Crippen molar-refractivity contribution in [3.8, 4) is 10.6 Å². The molecule has 1 saturated heterocycles. The van der Waals surface area contributed by atoms with Crippen molar-refractivity contribution in [2.24, 2.45) is 7.05 Å². The van der Waals surface area contributed by atoms with E-state index in [0.717, 1.165) is 30.2 Å². The number of carbonyl (C=O) groups is 1. The van der Waals surface area contributed by atoms with E-state index >= 15 is 0 Å². The number of rotatable bonds is 4. The Hall–Kier alpha value is -3.11. The maximum atomic E-state index is 13.0. The first-order valence-electron chi connectivity index (χ1n) is 10.8. The van der Waals surface area contributed by atoms with Crippen LogP contribution in [0.2, 0.25) is 0 Å². The normalized spacial score (nSPS) is 18.4. The maximum Gasteiger partial charge on any atom is 0.277 e. The second-order valence-electron chi connectivity index (χ2n) is 8.47. The molecule has 1 fully saturated rings. The lowest BCUT2D eigenvalue weighted by molar-refractivity contribution is -0.00545. The fourth-order valence-electron chi connectivity index (χ4n) is 4.01. The lowest BCUT2D eigenvalue weighted by atomic mass is 10.1.